The van der Waals surface area contributed by atoms with E-state index in [4.69, 9.17) is 5.11 Å². The van der Waals surface area contributed by atoms with Gasteiger partial charge in [0, 0.05) is 19.5 Å². The van der Waals surface area contributed by atoms with Crippen molar-refractivity contribution in [2.75, 3.05) is 13.1 Å². The molecule has 1 aliphatic heterocycles. The Kier molecular flexibility index (Phi) is 4.73. The first-order chi connectivity index (χ1) is 12.0. The number of aromatic nitrogens is 4. The Morgan fingerprint density at radius 2 is 2.08 bits per heavy atom. The van der Waals surface area contributed by atoms with E-state index in [1.54, 1.807) is 19.1 Å². The van der Waals surface area contributed by atoms with Crippen molar-refractivity contribution in [1.82, 2.24) is 25.1 Å². The first-order valence-corrected chi connectivity index (χ1v) is 7.96. The third kappa shape index (κ3) is 3.65. The summed E-state index contributed by atoms with van der Waals surface area (Å²) in [5.74, 6) is -1.55. The zero-order valence-electron chi connectivity index (χ0n) is 13.7. The molecule has 2 heterocycles. The molecule has 0 radical (unpaired) electrons. The van der Waals surface area contributed by atoms with E-state index in [0.717, 1.165) is 5.56 Å². The molecule has 3 rings (SSSR count). The number of aliphatic carboxylic acids is 1. The van der Waals surface area contributed by atoms with Crippen LogP contribution in [0.5, 0.6) is 0 Å². The van der Waals surface area contributed by atoms with Gasteiger partial charge in [-0.15, -0.1) is 5.10 Å². The van der Waals surface area contributed by atoms with Crippen LogP contribution in [0, 0.1) is 18.7 Å². The summed E-state index contributed by atoms with van der Waals surface area (Å²) in [6.07, 6.45) is 0.720. The van der Waals surface area contributed by atoms with Gasteiger partial charge in [-0.3, -0.25) is 9.59 Å². The van der Waals surface area contributed by atoms with E-state index in [1.807, 2.05) is 0 Å². The number of carboxylic acids is 1. The first-order valence-electron chi connectivity index (χ1n) is 7.96. The van der Waals surface area contributed by atoms with Crippen LogP contribution in [0.3, 0.4) is 0 Å². The lowest BCUT2D eigenvalue weighted by Gasteiger charge is -2.23. The molecule has 0 spiro atoms. The molecule has 1 aromatic carbocycles. The number of tetrazole rings is 1. The monoisotopic (exact) mass is 347 g/mol. The fraction of sp³-hybridized carbons (Fsp3) is 0.438. The fourth-order valence-electron chi connectivity index (χ4n) is 3.02. The third-order valence-electron chi connectivity index (χ3n) is 4.43. The molecule has 9 heteroatoms. The number of aryl methyl sites for hydroxylation is 1. The Morgan fingerprint density at radius 3 is 2.64 bits per heavy atom. The molecule has 0 saturated carbocycles. The zero-order chi connectivity index (χ0) is 18.0. The van der Waals surface area contributed by atoms with Crippen molar-refractivity contribution in [1.29, 1.82) is 0 Å². The van der Waals surface area contributed by atoms with Crippen LogP contribution in [0.25, 0.3) is 0 Å². The molecule has 1 amide bonds. The van der Waals surface area contributed by atoms with Gasteiger partial charge >= 0.3 is 5.97 Å². The van der Waals surface area contributed by atoms with E-state index in [-0.39, 0.29) is 18.3 Å². The van der Waals surface area contributed by atoms with Crippen molar-refractivity contribution in [3.63, 3.8) is 0 Å². The molecule has 132 valence electrons. The van der Waals surface area contributed by atoms with E-state index < -0.39 is 17.9 Å². The summed E-state index contributed by atoms with van der Waals surface area (Å²) in [6.45, 7) is 2.25. The van der Waals surface area contributed by atoms with Gasteiger partial charge in [-0.25, -0.2) is 9.07 Å². The Balaban J connectivity index is 1.84. The maximum absolute atomic E-state index is 13.1. The highest BCUT2D eigenvalue weighted by Crippen LogP contribution is 2.23. The quantitative estimate of drug-likeness (QED) is 0.860. The summed E-state index contributed by atoms with van der Waals surface area (Å²) in [6, 6.07) is 5.19. The number of amides is 1. The Labute approximate surface area is 143 Å². The van der Waals surface area contributed by atoms with Gasteiger partial charge in [-0.1, -0.05) is 12.1 Å². The van der Waals surface area contributed by atoms with Gasteiger partial charge in [0.05, 0.1) is 5.92 Å². The van der Waals surface area contributed by atoms with Crippen LogP contribution >= 0.6 is 0 Å². The lowest BCUT2D eigenvalue weighted by molar-refractivity contribution is -0.141. The molecule has 25 heavy (non-hydrogen) atoms. The van der Waals surface area contributed by atoms with E-state index in [0.29, 0.717) is 25.2 Å². The van der Waals surface area contributed by atoms with Gasteiger partial charge in [-0.05, 0) is 41.5 Å². The second-order valence-corrected chi connectivity index (χ2v) is 6.13. The zero-order valence-corrected chi connectivity index (χ0v) is 13.7. The number of benzene rings is 1. The number of carbonyl (C=O) groups excluding carboxylic acids is 1. The second kappa shape index (κ2) is 6.96. The van der Waals surface area contributed by atoms with Crippen LogP contribution in [0.2, 0.25) is 0 Å². The predicted molar refractivity (Wildman–Crippen MR) is 84.0 cm³/mol. The van der Waals surface area contributed by atoms with Crippen LogP contribution in [0.4, 0.5) is 4.39 Å². The topological polar surface area (TPSA) is 101 Å². The first kappa shape index (κ1) is 17.0. The maximum Gasteiger partial charge on any atom is 0.308 e. The molecular formula is C16H18FN5O3. The average molecular weight is 347 g/mol. The van der Waals surface area contributed by atoms with Crippen molar-refractivity contribution in [3.05, 3.63) is 41.5 Å². The normalized spacial score (nSPS) is 18.3. The van der Waals surface area contributed by atoms with E-state index in [9.17, 15) is 14.0 Å². The minimum atomic E-state index is -0.899. The summed E-state index contributed by atoms with van der Waals surface area (Å²) in [7, 11) is 0. The molecular weight excluding hydrogens is 329 g/mol. The third-order valence-corrected chi connectivity index (χ3v) is 4.43. The molecule has 8 nitrogen and oxygen atoms in total. The van der Waals surface area contributed by atoms with Gasteiger partial charge in [0.2, 0.25) is 5.91 Å². The maximum atomic E-state index is 13.1. The van der Waals surface area contributed by atoms with E-state index in [1.165, 1.54) is 21.7 Å². The molecule has 1 saturated heterocycles. The number of carbonyl (C=O) groups is 2. The Bertz CT molecular complexity index is 776. The SMILES string of the molecule is Cc1nnnn1C(Cc1ccc(F)cc1)C(=O)N1CCC(C(=O)O)C1. The minimum Gasteiger partial charge on any atom is -0.481 e. The van der Waals surface area contributed by atoms with Crippen molar-refractivity contribution in [2.24, 2.45) is 5.92 Å². The van der Waals surface area contributed by atoms with E-state index >= 15 is 0 Å². The van der Waals surface area contributed by atoms with Crippen LogP contribution in [-0.4, -0.2) is 55.2 Å². The smallest absolute Gasteiger partial charge is 0.308 e. The Morgan fingerprint density at radius 1 is 1.36 bits per heavy atom. The number of hydrogen-bond donors (Lipinski definition) is 1. The number of rotatable bonds is 5. The summed E-state index contributed by atoms with van der Waals surface area (Å²) >= 11 is 0. The number of halogens is 1. The second-order valence-electron chi connectivity index (χ2n) is 6.13. The minimum absolute atomic E-state index is 0.176. The molecule has 1 N–H and O–H groups in total. The summed E-state index contributed by atoms with van der Waals surface area (Å²) in [5.41, 5.74) is 0.767. The molecule has 1 aromatic heterocycles. The number of nitrogens with zero attached hydrogens (tertiary/aromatic N) is 5. The van der Waals surface area contributed by atoms with Crippen molar-refractivity contribution in [3.8, 4) is 0 Å². The highest BCUT2D eigenvalue weighted by atomic mass is 19.1. The Hall–Kier alpha value is -2.84. The molecule has 2 unspecified atom stereocenters. The molecule has 2 atom stereocenters. The van der Waals surface area contributed by atoms with E-state index in [2.05, 4.69) is 15.5 Å². The molecule has 1 aliphatic rings. The van der Waals surface area contributed by atoms with Crippen LogP contribution < -0.4 is 0 Å². The van der Waals surface area contributed by atoms with Gasteiger partial charge in [0.1, 0.15) is 17.7 Å². The standard InChI is InChI=1S/C16H18FN5O3/c1-10-18-19-20-22(10)14(8-11-2-4-13(17)5-3-11)15(23)21-7-6-12(9-21)16(24)25/h2-5,12,14H,6-9H2,1H3,(H,24,25). The highest BCUT2D eigenvalue weighted by Gasteiger charge is 2.35. The van der Waals surface area contributed by atoms with Gasteiger partial charge in [0.25, 0.3) is 0 Å². The molecule has 2 aromatic rings. The predicted octanol–water partition coefficient (Wildman–Crippen LogP) is 0.838. The average Bonchev–Trinajstić information content (AvgIpc) is 3.23. The number of carboxylic acid groups (broad SMARTS) is 1. The van der Waals surface area contributed by atoms with Gasteiger partial charge in [-0.2, -0.15) is 0 Å². The summed E-state index contributed by atoms with van der Waals surface area (Å²) in [4.78, 5) is 25.6. The van der Waals surface area contributed by atoms with Gasteiger partial charge in [0.15, 0.2) is 0 Å². The summed E-state index contributed by atoms with van der Waals surface area (Å²) in [5, 5.41) is 20.4. The summed E-state index contributed by atoms with van der Waals surface area (Å²) < 4.78 is 14.5. The molecule has 0 aliphatic carbocycles. The van der Waals surface area contributed by atoms with Crippen LogP contribution in [0.1, 0.15) is 23.9 Å². The van der Waals surface area contributed by atoms with Crippen LogP contribution in [-0.2, 0) is 16.0 Å². The van der Waals surface area contributed by atoms with Crippen molar-refractivity contribution >= 4 is 11.9 Å². The number of hydrogen-bond acceptors (Lipinski definition) is 5. The molecule has 0 bridgehead atoms. The lowest BCUT2D eigenvalue weighted by atomic mass is 10.0. The van der Waals surface area contributed by atoms with Crippen molar-refractivity contribution in [2.45, 2.75) is 25.8 Å². The largest absolute Gasteiger partial charge is 0.481 e. The number of likely N-dealkylation sites (tertiary alicyclic amines) is 1. The fourth-order valence-corrected chi connectivity index (χ4v) is 3.02. The van der Waals surface area contributed by atoms with Gasteiger partial charge < -0.3 is 10.0 Å². The van der Waals surface area contributed by atoms with Crippen LogP contribution in [0.15, 0.2) is 24.3 Å². The van der Waals surface area contributed by atoms with Crippen molar-refractivity contribution < 1.29 is 19.1 Å². The molecule has 1 fully saturated rings. The lowest BCUT2D eigenvalue weighted by Crippen LogP contribution is -2.38. The highest BCUT2D eigenvalue weighted by molar-refractivity contribution is 5.82.